The van der Waals surface area contributed by atoms with Gasteiger partial charge in [-0.05, 0) is 26.2 Å². The number of hydrogen-bond acceptors (Lipinski definition) is 5. The van der Waals surface area contributed by atoms with E-state index >= 15 is 0 Å². The van der Waals surface area contributed by atoms with Gasteiger partial charge in [0.15, 0.2) is 5.82 Å². The third-order valence-corrected chi connectivity index (χ3v) is 2.67. The van der Waals surface area contributed by atoms with Gasteiger partial charge in [-0.2, -0.15) is 4.98 Å². The summed E-state index contributed by atoms with van der Waals surface area (Å²) in [6.45, 7) is 4.39. The SMILES string of the molecule is CCCc1noc(CCC(=O)NCCCC(C)O)n1. The molecule has 1 aromatic rings. The molecule has 0 aliphatic heterocycles. The van der Waals surface area contributed by atoms with Gasteiger partial charge in [0.2, 0.25) is 11.8 Å². The maximum Gasteiger partial charge on any atom is 0.227 e. The number of aryl methyl sites for hydroxylation is 2. The minimum Gasteiger partial charge on any atom is -0.393 e. The summed E-state index contributed by atoms with van der Waals surface area (Å²) in [4.78, 5) is 15.7. The Kier molecular flexibility index (Phi) is 7.10. The van der Waals surface area contributed by atoms with E-state index in [0.29, 0.717) is 37.5 Å². The average molecular weight is 269 g/mol. The zero-order valence-corrected chi connectivity index (χ0v) is 11.7. The molecule has 108 valence electrons. The molecule has 2 N–H and O–H groups in total. The number of aliphatic hydroxyl groups is 1. The van der Waals surface area contributed by atoms with E-state index in [-0.39, 0.29) is 12.0 Å². The summed E-state index contributed by atoms with van der Waals surface area (Å²) >= 11 is 0. The van der Waals surface area contributed by atoms with Crippen molar-refractivity contribution in [1.82, 2.24) is 15.5 Å². The van der Waals surface area contributed by atoms with Gasteiger partial charge in [0.25, 0.3) is 0 Å². The maximum atomic E-state index is 11.5. The van der Waals surface area contributed by atoms with Crippen LogP contribution in [-0.2, 0) is 17.6 Å². The predicted octanol–water partition coefficient (Wildman–Crippen LogP) is 1.23. The molecule has 1 rings (SSSR count). The summed E-state index contributed by atoms with van der Waals surface area (Å²) in [5.74, 6) is 1.19. The van der Waals surface area contributed by atoms with Crippen molar-refractivity contribution in [2.45, 2.75) is 58.5 Å². The molecule has 1 atom stereocenters. The van der Waals surface area contributed by atoms with Gasteiger partial charge < -0.3 is 14.9 Å². The molecule has 6 heteroatoms. The van der Waals surface area contributed by atoms with Crippen molar-refractivity contribution in [2.24, 2.45) is 0 Å². The molecule has 0 saturated carbocycles. The lowest BCUT2D eigenvalue weighted by Crippen LogP contribution is -2.25. The molecule has 0 aliphatic rings. The topological polar surface area (TPSA) is 88.2 Å². The van der Waals surface area contributed by atoms with Crippen LogP contribution in [-0.4, -0.2) is 33.8 Å². The van der Waals surface area contributed by atoms with Gasteiger partial charge in [-0.15, -0.1) is 0 Å². The second kappa shape index (κ2) is 8.63. The molecule has 1 aromatic heterocycles. The second-order valence-corrected chi connectivity index (χ2v) is 4.70. The quantitative estimate of drug-likeness (QED) is 0.658. The van der Waals surface area contributed by atoms with E-state index in [9.17, 15) is 4.79 Å². The van der Waals surface area contributed by atoms with Crippen molar-refractivity contribution in [2.75, 3.05) is 6.54 Å². The zero-order chi connectivity index (χ0) is 14.1. The van der Waals surface area contributed by atoms with Crippen LogP contribution in [0.25, 0.3) is 0 Å². The van der Waals surface area contributed by atoms with Gasteiger partial charge in [-0.25, -0.2) is 0 Å². The lowest BCUT2D eigenvalue weighted by molar-refractivity contribution is -0.121. The van der Waals surface area contributed by atoms with Crippen molar-refractivity contribution in [1.29, 1.82) is 0 Å². The van der Waals surface area contributed by atoms with Crippen molar-refractivity contribution in [3.8, 4) is 0 Å². The van der Waals surface area contributed by atoms with Crippen LogP contribution in [0.5, 0.6) is 0 Å². The Morgan fingerprint density at radius 3 is 2.95 bits per heavy atom. The fraction of sp³-hybridized carbons (Fsp3) is 0.769. The molecule has 1 unspecified atom stereocenters. The summed E-state index contributed by atoms with van der Waals surface area (Å²) in [5, 5.41) is 15.7. The standard InChI is InChI=1S/C13H23N3O3/c1-3-5-11-15-13(19-16-11)8-7-12(18)14-9-4-6-10(2)17/h10,17H,3-9H2,1-2H3,(H,14,18). The first kappa shape index (κ1) is 15.6. The first-order chi connectivity index (χ1) is 9.11. The van der Waals surface area contributed by atoms with Crippen LogP contribution >= 0.6 is 0 Å². The van der Waals surface area contributed by atoms with Crippen LogP contribution in [0.15, 0.2) is 4.52 Å². The number of carbonyl (C=O) groups excluding carboxylic acids is 1. The summed E-state index contributed by atoms with van der Waals surface area (Å²) in [7, 11) is 0. The van der Waals surface area contributed by atoms with E-state index in [1.807, 2.05) is 0 Å². The van der Waals surface area contributed by atoms with E-state index in [1.54, 1.807) is 6.92 Å². The largest absolute Gasteiger partial charge is 0.393 e. The minimum absolute atomic E-state index is 0.0270. The van der Waals surface area contributed by atoms with Crippen LogP contribution in [0.2, 0.25) is 0 Å². The fourth-order valence-electron chi connectivity index (χ4n) is 1.65. The van der Waals surface area contributed by atoms with E-state index in [2.05, 4.69) is 22.4 Å². The monoisotopic (exact) mass is 269 g/mol. The van der Waals surface area contributed by atoms with Gasteiger partial charge in [-0.3, -0.25) is 4.79 Å². The fourth-order valence-corrected chi connectivity index (χ4v) is 1.65. The van der Waals surface area contributed by atoms with Crippen LogP contribution in [0.1, 0.15) is 51.2 Å². The van der Waals surface area contributed by atoms with Crippen LogP contribution in [0.3, 0.4) is 0 Å². The van der Waals surface area contributed by atoms with Gasteiger partial charge in [0.05, 0.1) is 6.10 Å². The Bertz CT molecular complexity index is 377. The van der Waals surface area contributed by atoms with E-state index in [4.69, 9.17) is 9.63 Å². The Hall–Kier alpha value is -1.43. The summed E-state index contributed by atoms with van der Waals surface area (Å²) < 4.78 is 5.05. The zero-order valence-electron chi connectivity index (χ0n) is 11.7. The molecule has 0 fully saturated rings. The van der Waals surface area contributed by atoms with Gasteiger partial charge in [0, 0.05) is 25.8 Å². The Morgan fingerprint density at radius 2 is 2.26 bits per heavy atom. The summed E-state index contributed by atoms with van der Waals surface area (Å²) in [6, 6.07) is 0. The third kappa shape index (κ3) is 6.91. The molecule has 0 bridgehead atoms. The number of nitrogens with zero attached hydrogens (tertiary/aromatic N) is 2. The van der Waals surface area contributed by atoms with Crippen molar-refractivity contribution >= 4 is 5.91 Å². The van der Waals surface area contributed by atoms with Gasteiger partial charge in [-0.1, -0.05) is 12.1 Å². The lowest BCUT2D eigenvalue weighted by Gasteiger charge is -2.05. The van der Waals surface area contributed by atoms with Crippen LogP contribution in [0.4, 0.5) is 0 Å². The second-order valence-electron chi connectivity index (χ2n) is 4.70. The van der Waals surface area contributed by atoms with E-state index < -0.39 is 0 Å². The summed E-state index contributed by atoms with van der Waals surface area (Å²) in [5.41, 5.74) is 0. The number of carbonyl (C=O) groups is 1. The highest BCUT2D eigenvalue weighted by Crippen LogP contribution is 2.03. The number of hydrogen-bond donors (Lipinski definition) is 2. The minimum atomic E-state index is -0.313. The first-order valence-corrected chi connectivity index (χ1v) is 6.88. The molecule has 1 amide bonds. The number of aliphatic hydroxyl groups excluding tert-OH is 1. The Labute approximate surface area is 113 Å². The number of amides is 1. The molecule has 6 nitrogen and oxygen atoms in total. The van der Waals surface area contributed by atoms with Crippen LogP contribution in [0, 0.1) is 0 Å². The molecule has 19 heavy (non-hydrogen) atoms. The highest BCUT2D eigenvalue weighted by molar-refractivity contribution is 5.75. The molecule has 0 aromatic carbocycles. The van der Waals surface area contributed by atoms with Gasteiger partial charge >= 0.3 is 0 Å². The summed E-state index contributed by atoms with van der Waals surface area (Å²) in [6.07, 6.45) is 3.76. The first-order valence-electron chi connectivity index (χ1n) is 6.88. The molecular weight excluding hydrogens is 246 g/mol. The molecular formula is C13H23N3O3. The lowest BCUT2D eigenvalue weighted by atomic mass is 10.2. The van der Waals surface area contributed by atoms with Crippen molar-refractivity contribution in [3.63, 3.8) is 0 Å². The molecule has 1 heterocycles. The molecule has 0 saturated heterocycles. The highest BCUT2D eigenvalue weighted by atomic mass is 16.5. The maximum absolute atomic E-state index is 11.5. The number of nitrogens with one attached hydrogen (secondary N) is 1. The third-order valence-electron chi connectivity index (χ3n) is 2.67. The average Bonchev–Trinajstić information content (AvgIpc) is 2.80. The number of rotatable bonds is 9. The van der Waals surface area contributed by atoms with E-state index in [1.165, 1.54) is 0 Å². The van der Waals surface area contributed by atoms with E-state index in [0.717, 1.165) is 19.3 Å². The molecule has 0 spiro atoms. The molecule has 0 aliphatic carbocycles. The number of aromatic nitrogens is 2. The van der Waals surface area contributed by atoms with Crippen LogP contribution < -0.4 is 5.32 Å². The molecule has 0 radical (unpaired) electrons. The van der Waals surface area contributed by atoms with Crippen molar-refractivity contribution in [3.05, 3.63) is 11.7 Å². The Balaban J connectivity index is 2.15. The van der Waals surface area contributed by atoms with Gasteiger partial charge in [0.1, 0.15) is 0 Å². The predicted molar refractivity (Wildman–Crippen MR) is 70.5 cm³/mol. The normalized spacial score (nSPS) is 12.4. The smallest absolute Gasteiger partial charge is 0.227 e. The van der Waals surface area contributed by atoms with Crippen molar-refractivity contribution < 1.29 is 14.4 Å². The highest BCUT2D eigenvalue weighted by Gasteiger charge is 2.08. The Morgan fingerprint density at radius 1 is 1.47 bits per heavy atom.